The maximum absolute atomic E-state index is 10.4. The lowest BCUT2D eigenvalue weighted by atomic mass is 10.2. The number of carbonyl (C=O) groups excluding carboxylic acids is 1. The Morgan fingerprint density at radius 2 is 1.67 bits per heavy atom. The summed E-state index contributed by atoms with van der Waals surface area (Å²) in [7, 11) is 0. The first-order valence-corrected chi connectivity index (χ1v) is 4.46. The maximum atomic E-state index is 10.4. The number of rotatable bonds is 3. The number of hydrogen-bond acceptors (Lipinski definition) is 4. The lowest BCUT2D eigenvalue weighted by molar-refractivity contribution is 0.112. The molecule has 0 saturated carbocycles. The normalized spacial score (nSPS) is 9.60. The molecule has 0 fully saturated rings. The molecule has 0 bridgehead atoms. The van der Waals surface area contributed by atoms with Crippen LogP contribution in [0, 0.1) is 0 Å². The highest BCUT2D eigenvalue weighted by Crippen LogP contribution is 2.14. The summed E-state index contributed by atoms with van der Waals surface area (Å²) in [5.74, 6) is 0. The van der Waals surface area contributed by atoms with Gasteiger partial charge >= 0.3 is 0 Å². The molecule has 0 unspecified atom stereocenters. The Hall–Kier alpha value is -2.23. The molecule has 4 heteroatoms. The monoisotopic (exact) mass is 199 g/mol. The van der Waals surface area contributed by atoms with E-state index in [9.17, 15) is 4.79 Å². The fraction of sp³-hybridized carbons (Fsp3) is 0. The van der Waals surface area contributed by atoms with E-state index in [0.717, 1.165) is 17.7 Å². The zero-order chi connectivity index (χ0) is 10.5. The first-order valence-electron chi connectivity index (χ1n) is 4.46. The quantitative estimate of drug-likeness (QED) is 0.768. The van der Waals surface area contributed by atoms with Crippen LogP contribution in [0.1, 0.15) is 10.4 Å². The van der Waals surface area contributed by atoms with Crippen LogP contribution in [0.4, 0.5) is 11.4 Å². The Morgan fingerprint density at radius 1 is 1.00 bits per heavy atom. The van der Waals surface area contributed by atoms with Crippen molar-refractivity contribution >= 4 is 17.7 Å². The van der Waals surface area contributed by atoms with Crippen LogP contribution in [-0.2, 0) is 0 Å². The van der Waals surface area contributed by atoms with Gasteiger partial charge in [0.15, 0.2) is 0 Å². The van der Waals surface area contributed by atoms with Gasteiger partial charge in [0, 0.05) is 11.3 Å². The summed E-state index contributed by atoms with van der Waals surface area (Å²) < 4.78 is 0. The van der Waals surface area contributed by atoms with Crippen molar-refractivity contribution in [1.82, 2.24) is 9.97 Å². The van der Waals surface area contributed by atoms with E-state index in [2.05, 4.69) is 15.3 Å². The summed E-state index contributed by atoms with van der Waals surface area (Å²) in [6.07, 6.45) is 5.65. The molecule has 74 valence electrons. The molecule has 2 rings (SSSR count). The van der Waals surface area contributed by atoms with E-state index in [-0.39, 0.29) is 0 Å². The largest absolute Gasteiger partial charge is 0.353 e. The molecule has 0 amide bonds. The molecule has 4 nitrogen and oxygen atoms in total. The molecule has 15 heavy (non-hydrogen) atoms. The van der Waals surface area contributed by atoms with Gasteiger partial charge in [0.25, 0.3) is 0 Å². The average molecular weight is 199 g/mol. The van der Waals surface area contributed by atoms with Crippen LogP contribution in [0.15, 0.2) is 43.0 Å². The molecule has 0 aliphatic heterocycles. The Labute approximate surface area is 87.0 Å². The fourth-order valence-electron chi connectivity index (χ4n) is 1.18. The topological polar surface area (TPSA) is 54.9 Å². The SMILES string of the molecule is O=Cc1ccc(Nc2cncnc2)cc1. The van der Waals surface area contributed by atoms with Gasteiger partial charge in [-0.1, -0.05) is 0 Å². The zero-order valence-corrected chi connectivity index (χ0v) is 7.92. The highest BCUT2D eigenvalue weighted by Gasteiger charge is 1.94. The lowest BCUT2D eigenvalue weighted by Gasteiger charge is -2.04. The smallest absolute Gasteiger partial charge is 0.150 e. The second-order valence-electron chi connectivity index (χ2n) is 2.99. The molecule has 1 heterocycles. The van der Waals surface area contributed by atoms with Gasteiger partial charge in [-0.15, -0.1) is 0 Å². The Bertz CT molecular complexity index is 439. The van der Waals surface area contributed by atoms with Gasteiger partial charge in [0.2, 0.25) is 0 Å². The van der Waals surface area contributed by atoms with Crippen molar-refractivity contribution in [2.45, 2.75) is 0 Å². The lowest BCUT2D eigenvalue weighted by Crippen LogP contribution is -1.91. The molecular formula is C11H9N3O. The van der Waals surface area contributed by atoms with Crippen LogP contribution in [0.25, 0.3) is 0 Å². The van der Waals surface area contributed by atoms with Crippen LogP contribution in [-0.4, -0.2) is 16.3 Å². The molecule has 1 aromatic heterocycles. The van der Waals surface area contributed by atoms with E-state index >= 15 is 0 Å². The van der Waals surface area contributed by atoms with Crippen molar-refractivity contribution < 1.29 is 4.79 Å². The van der Waals surface area contributed by atoms with E-state index < -0.39 is 0 Å². The number of carbonyl (C=O) groups is 1. The van der Waals surface area contributed by atoms with Crippen molar-refractivity contribution in [2.24, 2.45) is 0 Å². The first-order chi connectivity index (χ1) is 7.38. The summed E-state index contributed by atoms with van der Waals surface area (Å²) in [4.78, 5) is 18.2. The molecular weight excluding hydrogens is 190 g/mol. The van der Waals surface area contributed by atoms with Crippen LogP contribution < -0.4 is 5.32 Å². The molecule has 0 spiro atoms. The predicted octanol–water partition coefficient (Wildman–Crippen LogP) is 2.03. The average Bonchev–Trinajstić information content (AvgIpc) is 2.31. The molecule has 0 aliphatic carbocycles. The van der Waals surface area contributed by atoms with E-state index in [1.165, 1.54) is 6.33 Å². The highest BCUT2D eigenvalue weighted by atomic mass is 16.1. The Morgan fingerprint density at radius 3 is 2.27 bits per heavy atom. The highest BCUT2D eigenvalue weighted by molar-refractivity contribution is 5.76. The molecule has 0 saturated heterocycles. The number of nitrogens with zero attached hydrogens (tertiary/aromatic N) is 2. The van der Waals surface area contributed by atoms with Crippen LogP contribution in [0.2, 0.25) is 0 Å². The van der Waals surface area contributed by atoms with Crippen molar-refractivity contribution in [1.29, 1.82) is 0 Å². The number of benzene rings is 1. The summed E-state index contributed by atoms with van der Waals surface area (Å²) >= 11 is 0. The van der Waals surface area contributed by atoms with E-state index in [1.807, 2.05) is 12.1 Å². The Balaban J connectivity index is 2.15. The second-order valence-corrected chi connectivity index (χ2v) is 2.99. The van der Waals surface area contributed by atoms with Crippen LogP contribution in [0.5, 0.6) is 0 Å². The molecule has 1 aromatic carbocycles. The number of aromatic nitrogens is 2. The van der Waals surface area contributed by atoms with Gasteiger partial charge in [0.05, 0.1) is 18.1 Å². The third-order valence-corrected chi connectivity index (χ3v) is 1.90. The first kappa shape index (κ1) is 9.33. The van der Waals surface area contributed by atoms with Gasteiger partial charge in [-0.25, -0.2) is 9.97 Å². The van der Waals surface area contributed by atoms with Gasteiger partial charge < -0.3 is 5.32 Å². The number of aldehydes is 1. The van der Waals surface area contributed by atoms with Gasteiger partial charge in [-0.05, 0) is 24.3 Å². The summed E-state index contributed by atoms with van der Waals surface area (Å²) in [5, 5.41) is 3.11. The van der Waals surface area contributed by atoms with Crippen molar-refractivity contribution in [3.63, 3.8) is 0 Å². The van der Waals surface area contributed by atoms with Gasteiger partial charge in [0.1, 0.15) is 12.6 Å². The van der Waals surface area contributed by atoms with Crippen molar-refractivity contribution in [2.75, 3.05) is 5.32 Å². The molecule has 0 aliphatic rings. The number of nitrogens with one attached hydrogen (secondary N) is 1. The molecule has 2 aromatic rings. The van der Waals surface area contributed by atoms with Crippen molar-refractivity contribution in [3.05, 3.63) is 48.5 Å². The van der Waals surface area contributed by atoms with Gasteiger partial charge in [-0.2, -0.15) is 0 Å². The van der Waals surface area contributed by atoms with E-state index in [0.29, 0.717) is 5.56 Å². The maximum Gasteiger partial charge on any atom is 0.150 e. The third-order valence-electron chi connectivity index (χ3n) is 1.90. The predicted molar refractivity (Wildman–Crippen MR) is 57.1 cm³/mol. The van der Waals surface area contributed by atoms with Crippen LogP contribution in [0.3, 0.4) is 0 Å². The van der Waals surface area contributed by atoms with Crippen LogP contribution >= 0.6 is 0 Å². The molecule has 0 radical (unpaired) electrons. The summed E-state index contributed by atoms with van der Waals surface area (Å²) in [6, 6.07) is 7.16. The van der Waals surface area contributed by atoms with Gasteiger partial charge in [-0.3, -0.25) is 4.79 Å². The summed E-state index contributed by atoms with van der Waals surface area (Å²) in [6.45, 7) is 0. The minimum Gasteiger partial charge on any atom is -0.353 e. The summed E-state index contributed by atoms with van der Waals surface area (Å²) in [5.41, 5.74) is 2.37. The standard InChI is InChI=1S/C11H9N3O/c15-7-9-1-3-10(4-2-9)14-11-5-12-8-13-6-11/h1-8,14H. The molecule has 0 atom stereocenters. The molecule has 1 N–H and O–H groups in total. The zero-order valence-electron chi connectivity index (χ0n) is 7.92. The van der Waals surface area contributed by atoms with E-state index in [1.54, 1.807) is 24.5 Å². The minimum atomic E-state index is 0.657. The fourth-order valence-corrected chi connectivity index (χ4v) is 1.18. The van der Waals surface area contributed by atoms with Crippen molar-refractivity contribution in [3.8, 4) is 0 Å². The minimum absolute atomic E-state index is 0.657. The Kier molecular flexibility index (Phi) is 2.69. The van der Waals surface area contributed by atoms with E-state index in [4.69, 9.17) is 0 Å². The number of anilines is 2. The second kappa shape index (κ2) is 4.32. The number of hydrogen-bond donors (Lipinski definition) is 1. The third kappa shape index (κ3) is 2.37.